The first-order valence-corrected chi connectivity index (χ1v) is 10.4. The van der Waals surface area contributed by atoms with Gasteiger partial charge in [-0.1, -0.05) is 36.4 Å². The highest BCUT2D eigenvalue weighted by atomic mass is 32.2. The van der Waals surface area contributed by atoms with Crippen LogP contribution in [0.1, 0.15) is 12.8 Å². The molecule has 1 aliphatic carbocycles. The van der Waals surface area contributed by atoms with Gasteiger partial charge in [0.25, 0.3) is 5.92 Å². The van der Waals surface area contributed by atoms with Crippen LogP contribution in [-0.4, -0.2) is 61.8 Å². The Morgan fingerprint density at radius 3 is 2.30 bits per heavy atom. The van der Waals surface area contributed by atoms with Crippen LogP contribution in [-0.2, 0) is 14.8 Å². The largest absolute Gasteiger partial charge is 0.334 e. The number of alkyl halides is 2. The number of carbonyl (C=O) groups is 1. The summed E-state index contributed by atoms with van der Waals surface area (Å²) in [5, 5.41) is 1.37. The molecule has 5 nitrogen and oxygen atoms in total. The SMILES string of the molecule is O=C[N+]1(S(=O)(=O)c2cccc3ccccc23)CCN(C2CC(F)(F)C2)CC1. The molecule has 2 aromatic carbocycles. The van der Waals surface area contributed by atoms with E-state index in [0.29, 0.717) is 24.9 Å². The molecule has 0 spiro atoms. The molecule has 1 heterocycles. The van der Waals surface area contributed by atoms with Gasteiger partial charge in [-0.2, -0.15) is 12.3 Å². The van der Waals surface area contributed by atoms with Gasteiger partial charge in [0.1, 0.15) is 18.0 Å². The second-order valence-corrected chi connectivity index (χ2v) is 9.53. The van der Waals surface area contributed by atoms with Crippen LogP contribution in [0.25, 0.3) is 10.8 Å². The number of benzene rings is 2. The Bertz CT molecular complexity index is 972. The quantitative estimate of drug-likeness (QED) is 0.590. The van der Waals surface area contributed by atoms with Crippen molar-refractivity contribution in [2.24, 2.45) is 0 Å². The summed E-state index contributed by atoms with van der Waals surface area (Å²) < 4.78 is 52.4. The van der Waals surface area contributed by atoms with Crippen molar-refractivity contribution in [1.29, 1.82) is 0 Å². The summed E-state index contributed by atoms with van der Waals surface area (Å²) in [6, 6.07) is 12.0. The fourth-order valence-electron chi connectivity index (χ4n) is 4.09. The molecule has 0 radical (unpaired) electrons. The van der Waals surface area contributed by atoms with Gasteiger partial charge in [0.05, 0.1) is 0 Å². The minimum atomic E-state index is -3.97. The average molecular weight is 395 g/mol. The van der Waals surface area contributed by atoms with Crippen LogP contribution >= 0.6 is 0 Å². The lowest BCUT2D eigenvalue weighted by Crippen LogP contribution is -2.65. The van der Waals surface area contributed by atoms with E-state index >= 15 is 0 Å². The highest BCUT2D eigenvalue weighted by Crippen LogP contribution is 2.41. The van der Waals surface area contributed by atoms with Crippen LogP contribution in [0.5, 0.6) is 0 Å². The van der Waals surface area contributed by atoms with E-state index in [9.17, 15) is 22.0 Å². The van der Waals surface area contributed by atoms with Crippen molar-refractivity contribution < 1.29 is 25.9 Å². The van der Waals surface area contributed by atoms with Gasteiger partial charge in [-0.3, -0.25) is 4.90 Å². The number of carbonyl (C=O) groups excluding carboxylic acids is 1. The number of amides is 1. The molecule has 1 saturated heterocycles. The van der Waals surface area contributed by atoms with Gasteiger partial charge in [0.2, 0.25) is 0 Å². The van der Waals surface area contributed by atoms with Crippen molar-refractivity contribution in [3.63, 3.8) is 0 Å². The Kier molecular flexibility index (Phi) is 4.32. The fraction of sp³-hybridized carbons (Fsp3) is 0.421. The predicted octanol–water partition coefficient (Wildman–Crippen LogP) is 2.62. The number of hydrogen-bond acceptors (Lipinski definition) is 4. The third-order valence-corrected chi connectivity index (χ3v) is 8.14. The first-order chi connectivity index (χ1) is 12.8. The maximum Gasteiger partial charge on any atom is 0.334 e. The van der Waals surface area contributed by atoms with Crippen molar-refractivity contribution in [3.05, 3.63) is 42.5 Å². The van der Waals surface area contributed by atoms with E-state index in [4.69, 9.17) is 0 Å². The summed E-state index contributed by atoms with van der Waals surface area (Å²) in [6.07, 6.45) is 0.109. The van der Waals surface area contributed by atoms with Gasteiger partial charge in [-0.25, -0.2) is 13.6 Å². The van der Waals surface area contributed by atoms with Crippen molar-refractivity contribution in [2.75, 3.05) is 26.2 Å². The molecular formula is C19H21F2N2O3S+. The first-order valence-electron chi connectivity index (χ1n) is 8.96. The molecule has 4 rings (SSSR count). The monoisotopic (exact) mass is 395 g/mol. The number of quaternary nitrogens is 1. The standard InChI is InChI=1S/C19H21F2N2O3S/c20-19(21)12-16(13-19)22-8-10-23(14-24,11-9-22)27(25,26)18-7-3-5-15-4-1-2-6-17(15)18/h1-7,14,16H,8-13H2/q+1. The summed E-state index contributed by atoms with van der Waals surface area (Å²) in [5.41, 5.74) is 0. The molecule has 27 heavy (non-hydrogen) atoms. The molecule has 0 unspecified atom stereocenters. The number of sulfonamides is 1. The number of halogens is 2. The molecule has 1 aliphatic heterocycles. The lowest BCUT2D eigenvalue weighted by atomic mass is 9.86. The van der Waals surface area contributed by atoms with Gasteiger partial charge < -0.3 is 0 Å². The summed E-state index contributed by atoms with van der Waals surface area (Å²) in [7, 11) is -3.97. The Hall–Kier alpha value is -1.90. The molecule has 8 heteroatoms. The summed E-state index contributed by atoms with van der Waals surface area (Å²) in [5.74, 6) is -2.62. The minimum Gasteiger partial charge on any atom is -0.289 e. The van der Waals surface area contributed by atoms with Crippen molar-refractivity contribution >= 4 is 27.2 Å². The molecule has 2 aliphatic rings. The number of rotatable bonds is 4. The molecule has 1 saturated carbocycles. The van der Waals surface area contributed by atoms with Gasteiger partial charge in [0, 0.05) is 37.4 Å². The van der Waals surface area contributed by atoms with Crippen LogP contribution < -0.4 is 0 Å². The Morgan fingerprint density at radius 1 is 1.04 bits per heavy atom. The third-order valence-electron chi connectivity index (χ3n) is 5.81. The van der Waals surface area contributed by atoms with Crippen molar-refractivity contribution in [2.45, 2.75) is 29.7 Å². The molecule has 0 bridgehead atoms. The zero-order valence-corrected chi connectivity index (χ0v) is 15.5. The lowest BCUT2D eigenvalue weighted by Gasteiger charge is -2.46. The van der Waals surface area contributed by atoms with E-state index in [-0.39, 0.29) is 36.9 Å². The minimum absolute atomic E-state index is 0.0666. The van der Waals surface area contributed by atoms with Crippen LogP contribution in [0, 0.1) is 0 Å². The number of piperazine rings is 1. The maximum atomic E-state index is 13.4. The van der Waals surface area contributed by atoms with Crippen molar-refractivity contribution in [3.8, 4) is 0 Å². The smallest absolute Gasteiger partial charge is 0.289 e. The van der Waals surface area contributed by atoms with E-state index in [1.807, 2.05) is 23.1 Å². The van der Waals surface area contributed by atoms with Gasteiger partial charge >= 0.3 is 16.4 Å². The van der Waals surface area contributed by atoms with Gasteiger partial charge in [-0.15, -0.1) is 0 Å². The number of hydrogen-bond donors (Lipinski definition) is 0. The van der Waals surface area contributed by atoms with E-state index in [0.717, 1.165) is 5.39 Å². The zero-order valence-electron chi connectivity index (χ0n) is 14.7. The molecule has 0 atom stereocenters. The fourth-order valence-corrected chi connectivity index (χ4v) is 5.95. The van der Waals surface area contributed by atoms with Gasteiger partial charge in [0.15, 0.2) is 0 Å². The maximum absolute atomic E-state index is 13.4. The topological polar surface area (TPSA) is 54.5 Å². The van der Waals surface area contributed by atoms with E-state index in [1.54, 1.807) is 18.2 Å². The molecular weight excluding hydrogens is 374 g/mol. The van der Waals surface area contributed by atoms with E-state index in [2.05, 4.69) is 0 Å². The predicted molar refractivity (Wildman–Crippen MR) is 96.7 cm³/mol. The Balaban J connectivity index is 1.63. The van der Waals surface area contributed by atoms with Crippen LogP contribution in [0.3, 0.4) is 0 Å². The average Bonchev–Trinajstić information content (AvgIpc) is 2.65. The Morgan fingerprint density at radius 2 is 1.67 bits per heavy atom. The van der Waals surface area contributed by atoms with Crippen LogP contribution in [0.2, 0.25) is 0 Å². The molecule has 1 amide bonds. The molecule has 144 valence electrons. The second-order valence-electron chi connectivity index (χ2n) is 7.41. The van der Waals surface area contributed by atoms with Crippen LogP contribution in [0.15, 0.2) is 47.4 Å². The molecule has 0 aromatic heterocycles. The van der Waals surface area contributed by atoms with Crippen LogP contribution in [0.4, 0.5) is 8.78 Å². The van der Waals surface area contributed by atoms with Crippen molar-refractivity contribution in [1.82, 2.24) is 4.90 Å². The zero-order chi connectivity index (χ0) is 19.3. The summed E-state index contributed by atoms with van der Waals surface area (Å²) in [6.45, 7) is 0.751. The normalized spacial score (nSPS) is 23.0. The third kappa shape index (κ3) is 2.96. The summed E-state index contributed by atoms with van der Waals surface area (Å²) >= 11 is 0. The summed E-state index contributed by atoms with van der Waals surface area (Å²) in [4.78, 5) is 14.0. The second kappa shape index (κ2) is 6.32. The molecule has 0 N–H and O–H groups in total. The Labute approximate surface area is 156 Å². The number of nitrogens with zero attached hydrogens (tertiary/aromatic N) is 2. The van der Waals surface area contributed by atoms with Gasteiger partial charge in [-0.05, 0) is 11.5 Å². The molecule has 2 fully saturated rings. The highest BCUT2D eigenvalue weighted by Gasteiger charge is 2.52. The lowest BCUT2D eigenvalue weighted by molar-refractivity contribution is -0.725. The first kappa shape index (κ1) is 18.5. The van der Waals surface area contributed by atoms with E-state index < -0.39 is 19.8 Å². The molecule has 2 aromatic rings. The number of fused-ring (bicyclic) bond motifs is 1. The highest BCUT2D eigenvalue weighted by molar-refractivity contribution is 7.86. The van der Waals surface area contributed by atoms with E-state index in [1.165, 1.54) is 6.07 Å².